The molecule has 5 aromatic rings. The Labute approximate surface area is 254 Å². The lowest BCUT2D eigenvalue weighted by Gasteiger charge is -2.34. The van der Waals surface area contributed by atoms with Gasteiger partial charge in [0.15, 0.2) is 17.6 Å². The number of hydrogen-bond donors (Lipinski definition) is 1. The van der Waals surface area contributed by atoms with Crippen LogP contribution in [0, 0.1) is 0 Å². The van der Waals surface area contributed by atoms with E-state index in [1.807, 2.05) is 42.5 Å². The van der Waals surface area contributed by atoms with Crippen molar-refractivity contribution in [1.29, 1.82) is 0 Å². The van der Waals surface area contributed by atoms with Crippen molar-refractivity contribution in [3.63, 3.8) is 0 Å². The number of aromatic nitrogens is 3. The molecule has 2 aromatic heterocycles. The standard InChI is InChI=1S/C34H34N4O4S/c1-21(39)23-9-10-26-28(17-23)38(18-24-13-16-40-24)32(35-26)19-37-14-11-22(12-15-37)25-5-4-7-29-33(25)41-20-30(42-29)34-36-27-6-2-3-8-31(27)43-34/h2-10,17,22,24,30,39H,1,11-16,18-20H2/t24-,30+/m0/s1. The second kappa shape index (κ2) is 11.0. The fraction of sp³-hybridized carbons (Fsp3) is 0.353. The number of hydrogen-bond acceptors (Lipinski definition) is 8. The summed E-state index contributed by atoms with van der Waals surface area (Å²) >= 11 is 1.67. The number of thiazole rings is 1. The Morgan fingerprint density at radius 1 is 1.00 bits per heavy atom. The number of aliphatic hydroxyl groups excluding tert-OH is 1. The summed E-state index contributed by atoms with van der Waals surface area (Å²) in [7, 11) is 0. The van der Waals surface area contributed by atoms with Crippen molar-refractivity contribution in [2.45, 2.75) is 50.5 Å². The molecule has 0 amide bonds. The third-order valence-corrected chi connectivity index (χ3v) is 10.1. The first kappa shape index (κ1) is 26.7. The van der Waals surface area contributed by atoms with Crippen LogP contribution in [-0.4, -0.2) is 56.9 Å². The lowest BCUT2D eigenvalue weighted by Crippen LogP contribution is -2.35. The monoisotopic (exact) mass is 594 g/mol. The molecule has 8 rings (SSSR count). The van der Waals surface area contributed by atoms with Gasteiger partial charge in [-0.1, -0.05) is 30.8 Å². The van der Waals surface area contributed by atoms with E-state index in [1.54, 1.807) is 11.3 Å². The van der Waals surface area contributed by atoms with Crippen LogP contribution in [0.3, 0.4) is 0 Å². The third-order valence-electron chi connectivity index (χ3n) is 8.98. The largest absolute Gasteiger partial charge is 0.508 e. The summed E-state index contributed by atoms with van der Waals surface area (Å²) < 4.78 is 22.1. The zero-order valence-corrected chi connectivity index (χ0v) is 24.8. The number of ether oxygens (including phenoxy) is 3. The maximum atomic E-state index is 9.99. The topological polar surface area (TPSA) is 81.9 Å². The lowest BCUT2D eigenvalue weighted by atomic mass is 9.88. The van der Waals surface area contributed by atoms with Crippen LogP contribution in [0.2, 0.25) is 0 Å². The van der Waals surface area contributed by atoms with Crippen LogP contribution in [0.1, 0.15) is 53.2 Å². The summed E-state index contributed by atoms with van der Waals surface area (Å²) in [5, 5.41) is 10.9. The number of aliphatic hydroxyl groups is 1. The number of fused-ring (bicyclic) bond motifs is 3. The summed E-state index contributed by atoms with van der Waals surface area (Å²) in [5.41, 5.74) is 4.92. The Morgan fingerprint density at radius 2 is 1.86 bits per heavy atom. The number of para-hydroxylation sites is 2. The average molecular weight is 595 g/mol. The summed E-state index contributed by atoms with van der Waals surface area (Å²) in [5.74, 6) is 3.23. The second-order valence-electron chi connectivity index (χ2n) is 11.7. The highest BCUT2D eigenvalue weighted by molar-refractivity contribution is 7.18. The van der Waals surface area contributed by atoms with E-state index in [0.717, 1.165) is 96.5 Å². The molecular weight excluding hydrogens is 560 g/mol. The Balaban J connectivity index is 0.969. The molecule has 0 radical (unpaired) electrons. The van der Waals surface area contributed by atoms with Gasteiger partial charge in [0, 0.05) is 17.7 Å². The van der Waals surface area contributed by atoms with Gasteiger partial charge >= 0.3 is 0 Å². The van der Waals surface area contributed by atoms with Crippen LogP contribution >= 0.6 is 11.3 Å². The number of imidazole rings is 1. The van der Waals surface area contributed by atoms with E-state index in [9.17, 15) is 5.11 Å². The minimum absolute atomic E-state index is 0.0721. The van der Waals surface area contributed by atoms with Gasteiger partial charge in [0.1, 0.15) is 23.2 Å². The van der Waals surface area contributed by atoms with E-state index in [1.165, 1.54) is 10.3 Å². The third kappa shape index (κ3) is 5.05. The highest BCUT2D eigenvalue weighted by Gasteiger charge is 2.31. The predicted molar refractivity (Wildman–Crippen MR) is 168 cm³/mol. The molecule has 0 bridgehead atoms. The summed E-state index contributed by atoms with van der Waals surface area (Å²) in [6.45, 7) is 8.50. The quantitative estimate of drug-likeness (QED) is 0.206. The molecule has 8 nitrogen and oxygen atoms in total. The number of rotatable bonds is 7. The number of benzene rings is 3. The molecule has 43 heavy (non-hydrogen) atoms. The zero-order chi connectivity index (χ0) is 28.9. The Hall–Kier alpha value is -3.92. The van der Waals surface area contributed by atoms with E-state index in [2.05, 4.69) is 34.2 Å². The van der Waals surface area contributed by atoms with Gasteiger partial charge in [-0.05, 0) is 74.7 Å². The predicted octanol–water partition coefficient (Wildman–Crippen LogP) is 6.86. The maximum absolute atomic E-state index is 9.99. The van der Waals surface area contributed by atoms with Crippen LogP contribution in [-0.2, 0) is 17.8 Å². The fourth-order valence-electron chi connectivity index (χ4n) is 6.51. The highest BCUT2D eigenvalue weighted by atomic mass is 32.1. The average Bonchev–Trinajstić information content (AvgIpc) is 3.59. The second-order valence-corrected chi connectivity index (χ2v) is 12.8. The van der Waals surface area contributed by atoms with E-state index >= 15 is 0 Å². The first-order chi connectivity index (χ1) is 21.1. The van der Waals surface area contributed by atoms with Crippen molar-refractivity contribution in [2.24, 2.45) is 0 Å². The Kier molecular flexibility index (Phi) is 6.81. The SMILES string of the molecule is C=C(O)c1ccc2nc(CN3CCC(c4cccc5c4OC[C@H](c4nc6ccccc6s4)O5)CC3)n(C[C@@H]3CCO3)c2c1. The lowest BCUT2D eigenvalue weighted by molar-refractivity contribution is -0.0592. The van der Waals surface area contributed by atoms with E-state index < -0.39 is 0 Å². The number of likely N-dealkylation sites (tertiary alicyclic amines) is 1. The van der Waals surface area contributed by atoms with Crippen molar-refractivity contribution in [3.05, 3.63) is 89.2 Å². The summed E-state index contributed by atoms with van der Waals surface area (Å²) in [4.78, 5) is 12.3. The molecule has 3 aliphatic heterocycles. The van der Waals surface area contributed by atoms with Crippen LogP contribution in [0.25, 0.3) is 27.0 Å². The van der Waals surface area contributed by atoms with Crippen LogP contribution < -0.4 is 9.47 Å². The minimum atomic E-state index is -0.196. The van der Waals surface area contributed by atoms with E-state index in [-0.39, 0.29) is 18.0 Å². The molecule has 2 atom stereocenters. The molecule has 2 fully saturated rings. The van der Waals surface area contributed by atoms with Crippen LogP contribution in [0.5, 0.6) is 11.5 Å². The van der Waals surface area contributed by atoms with Crippen molar-refractivity contribution in [1.82, 2.24) is 19.4 Å². The first-order valence-electron chi connectivity index (χ1n) is 15.1. The molecule has 3 aliphatic rings. The fourth-order valence-corrected chi connectivity index (χ4v) is 7.49. The Bertz CT molecular complexity index is 1790. The summed E-state index contributed by atoms with van der Waals surface area (Å²) in [6, 6.07) is 20.3. The maximum Gasteiger partial charge on any atom is 0.184 e. The molecule has 0 aliphatic carbocycles. The zero-order valence-electron chi connectivity index (χ0n) is 23.9. The van der Waals surface area contributed by atoms with Gasteiger partial charge in [0.25, 0.3) is 0 Å². The Morgan fingerprint density at radius 3 is 2.65 bits per heavy atom. The molecule has 1 N–H and O–H groups in total. The van der Waals surface area contributed by atoms with Gasteiger partial charge in [-0.25, -0.2) is 9.97 Å². The van der Waals surface area contributed by atoms with Crippen molar-refractivity contribution in [3.8, 4) is 11.5 Å². The van der Waals surface area contributed by atoms with Gasteiger partial charge in [0.05, 0.1) is 40.4 Å². The molecule has 5 heterocycles. The minimum Gasteiger partial charge on any atom is -0.508 e. The van der Waals surface area contributed by atoms with Crippen LogP contribution in [0.4, 0.5) is 0 Å². The van der Waals surface area contributed by atoms with Gasteiger partial charge in [0.2, 0.25) is 0 Å². The van der Waals surface area contributed by atoms with E-state index in [0.29, 0.717) is 12.5 Å². The number of nitrogens with zero attached hydrogens (tertiary/aromatic N) is 4. The summed E-state index contributed by atoms with van der Waals surface area (Å²) in [6.07, 6.45) is 3.16. The molecule has 0 saturated carbocycles. The normalized spacial score (nSPS) is 20.8. The molecular formula is C34H34N4O4S. The van der Waals surface area contributed by atoms with Gasteiger partial charge in [-0.3, -0.25) is 4.90 Å². The molecule has 0 spiro atoms. The van der Waals surface area contributed by atoms with Gasteiger partial charge in [-0.15, -0.1) is 11.3 Å². The molecule has 2 saturated heterocycles. The molecule has 0 unspecified atom stereocenters. The van der Waals surface area contributed by atoms with Gasteiger partial charge < -0.3 is 23.9 Å². The first-order valence-corrected chi connectivity index (χ1v) is 15.9. The van der Waals surface area contributed by atoms with Crippen molar-refractivity contribution in [2.75, 3.05) is 26.3 Å². The highest BCUT2D eigenvalue weighted by Crippen LogP contribution is 2.45. The van der Waals surface area contributed by atoms with Crippen molar-refractivity contribution < 1.29 is 19.3 Å². The van der Waals surface area contributed by atoms with Crippen LogP contribution in [0.15, 0.2) is 67.2 Å². The van der Waals surface area contributed by atoms with E-state index in [4.69, 9.17) is 24.2 Å². The number of piperidine rings is 1. The van der Waals surface area contributed by atoms with Gasteiger partial charge in [-0.2, -0.15) is 0 Å². The molecule has 9 heteroatoms. The molecule has 220 valence electrons. The smallest absolute Gasteiger partial charge is 0.184 e. The molecule has 3 aromatic carbocycles. The van der Waals surface area contributed by atoms with Crippen molar-refractivity contribution >= 4 is 38.3 Å².